The number of methoxy groups -OCH3 is 1. The van der Waals surface area contributed by atoms with Gasteiger partial charge in [-0.05, 0) is 41.3 Å². The zero-order valence-electron chi connectivity index (χ0n) is 14.2. The lowest BCUT2D eigenvalue weighted by Crippen LogP contribution is -2.24. The van der Waals surface area contributed by atoms with E-state index in [0.717, 1.165) is 11.3 Å². The van der Waals surface area contributed by atoms with Crippen LogP contribution in [0.15, 0.2) is 53.6 Å². The number of carbonyl (C=O) groups is 1. The first-order valence-corrected chi connectivity index (χ1v) is 7.77. The van der Waals surface area contributed by atoms with Crippen LogP contribution in [-0.4, -0.2) is 25.8 Å². The Morgan fingerprint density at radius 1 is 1.08 bits per heavy atom. The summed E-state index contributed by atoms with van der Waals surface area (Å²) in [6.07, 6.45) is 1.61. The molecule has 5 heteroatoms. The number of nitrogens with one attached hydrogen (secondary N) is 1. The van der Waals surface area contributed by atoms with Gasteiger partial charge in [0, 0.05) is 0 Å². The van der Waals surface area contributed by atoms with Gasteiger partial charge >= 0.3 is 0 Å². The maximum absolute atomic E-state index is 11.7. The van der Waals surface area contributed by atoms with Gasteiger partial charge in [-0.3, -0.25) is 4.79 Å². The number of carbonyl (C=O) groups excluding carboxylic acids is 1. The predicted molar refractivity (Wildman–Crippen MR) is 94.8 cm³/mol. The summed E-state index contributed by atoms with van der Waals surface area (Å²) in [4.78, 5) is 11.7. The summed E-state index contributed by atoms with van der Waals surface area (Å²) in [5, 5.41) is 3.93. The van der Waals surface area contributed by atoms with E-state index in [4.69, 9.17) is 9.47 Å². The van der Waals surface area contributed by atoms with Gasteiger partial charge in [0.05, 0.1) is 13.3 Å². The molecule has 2 rings (SSSR count). The highest BCUT2D eigenvalue weighted by molar-refractivity contribution is 5.82. The number of hydrazone groups is 1. The van der Waals surface area contributed by atoms with Crippen LogP contribution in [0.3, 0.4) is 0 Å². The van der Waals surface area contributed by atoms with Crippen LogP contribution in [0.2, 0.25) is 0 Å². The molecule has 2 aromatic rings. The van der Waals surface area contributed by atoms with Crippen LogP contribution in [0.5, 0.6) is 11.5 Å². The molecule has 0 saturated carbocycles. The van der Waals surface area contributed by atoms with Crippen LogP contribution in [0, 0.1) is 0 Å². The molecule has 0 heterocycles. The summed E-state index contributed by atoms with van der Waals surface area (Å²) >= 11 is 0. The molecule has 0 spiro atoms. The van der Waals surface area contributed by atoms with Crippen molar-refractivity contribution >= 4 is 12.1 Å². The Balaban J connectivity index is 1.77. The van der Waals surface area contributed by atoms with Crippen LogP contribution in [0.4, 0.5) is 0 Å². The summed E-state index contributed by atoms with van der Waals surface area (Å²) in [5.74, 6) is 1.51. The minimum Gasteiger partial charge on any atom is -0.497 e. The van der Waals surface area contributed by atoms with E-state index in [1.807, 2.05) is 12.1 Å². The van der Waals surface area contributed by atoms with E-state index in [2.05, 4.69) is 36.5 Å². The maximum Gasteiger partial charge on any atom is 0.277 e. The van der Waals surface area contributed by atoms with Gasteiger partial charge in [0.1, 0.15) is 11.5 Å². The fraction of sp³-hybridized carbons (Fsp3) is 0.263. The number of rotatable bonds is 7. The third-order valence-electron chi connectivity index (χ3n) is 3.44. The van der Waals surface area contributed by atoms with Gasteiger partial charge < -0.3 is 9.47 Å². The van der Waals surface area contributed by atoms with E-state index in [9.17, 15) is 4.79 Å². The molecule has 24 heavy (non-hydrogen) atoms. The molecule has 126 valence electrons. The summed E-state index contributed by atoms with van der Waals surface area (Å²) in [5.41, 5.74) is 4.64. The van der Waals surface area contributed by atoms with E-state index in [1.54, 1.807) is 37.6 Å². The van der Waals surface area contributed by atoms with Crippen LogP contribution in [0.1, 0.15) is 30.9 Å². The highest BCUT2D eigenvalue weighted by Gasteiger charge is 2.02. The Kier molecular flexibility index (Phi) is 6.37. The van der Waals surface area contributed by atoms with Gasteiger partial charge in [-0.25, -0.2) is 5.43 Å². The minimum atomic E-state index is -0.319. The Hall–Kier alpha value is -2.82. The molecular formula is C19H22N2O3. The van der Waals surface area contributed by atoms with Crippen molar-refractivity contribution in [1.82, 2.24) is 5.43 Å². The third-order valence-corrected chi connectivity index (χ3v) is 3.44. The second-order valence-corrected chi connectivity index (χ2v) is 5.58. The topological polar surface area (TPSA) is 59.9 Å². The number of ether oxygens (including phenoxy) is 2. The van der Waals surface area contributed by atoms with Crippen molar-refractivity contribution in [3.05, 3.63) is 59.7 Å². The molecule has 1 N–H and O–H groups in total. The van der Waals surface area contributed by atoms with Crippen molar-refractivity contribution in [3.8, 4) is 11.5 Å². The second kappa shape index (κ2) is 8.72. The van der Waals surface area contributed by atoms with Crippen LogP contribution in [-0.2, 0) is 4.79 Å². The molecule has 0 aromatic heterocycles. The normalized spacial score (nSPS) is 10.8. The van der Waals surface area contributed by atoms with Crippen molar-refractivity contribution in [2.24, 2.45) is 5.10 Å². The summed E-state index contributed by atoms with van der Waals surface area (Å²) in [6, 6.07) is 15.1. The third kappa shape index (κ3) is 5.43. The lowest BCUT2D eigenvalue weighted by molar-refractivity contribution is -0.123. The Morgan fingerprint density at radius 2 is 1.71 bits per heavy atom. The van der Waals surface area contributed by atoms with Crippen molar-refractivity contribution in [3.63, 3.8) is 0 Å². The molecule has 0 unspecified atom stereocenters. The summed E-state index contributed by atoms with van der Waals surface area (Å²) in [7, 11) is 1.59. The fourth-order valence-electron chi connectivity index (χ4n) is 2.00. The van der Waals surface area contributed by atoms with Crippen molar-refractivity contribution in [1.29, 1.82) is 0 Å². The van der Waals surface area contributed by atoms with Crippen molar-refractivity contribution < 1.29 is 14.3 Å². The molecule has 0 atom stereocenters. The molecule has 2 aromatic carbocycles. The molecule has 0 fully saturated rings. The monoisotopic (exact) mass is 326 g/mol. The zero-order valence-corrected chi connectivity index (χ0v) is 14.2. The zero-order chi connectivity index (χ0) is 17.4. The minimum absolute atomic E-state index is 0.101. The molecule has 0 radical (unpaired) electrons. The van der Waals surface area contributed by atoms with Gasteiger partial charge in [-0.15, -0.1) is 0 Å². The van der Waals surface area contributed by atoms with Gasteiger partial charge in [0.15, 0.2) is 6.61 Å². The quantitative estimate of drug-likeness (QED) is 0.627. The summed E-state index contributed by atoms with van der Waals surface area (Å²) < 4.78 is 10.4. The van der Waals surface area contributed by atoms with Gasteiger partial charge in [0.2, 0.25) is 0 Å². The first-order chi connectivity index (χ1) is 11.6. The van der Waals surface area contributed by atoms with E-state index in [0.29, 0.717) is 11.7 Å². The lowest BCUT2D eigenvalue weighted by Gasteiger charge is -2.06. The highest BCUT2D eigenvalue weighted by atomic mass is 16.5. The first kappa shape index (κ1) is 17.5. The van der Waals surface area contributed by atoms with Crippen molar-refractivity contribution in [2.45, 2.75) is 19.8 Å². The Labute approximate surface area is 142 Å². The van der Waals surface area contributed by atoms with Crippen LogP contribution >= 0.6 is 0 Å². The molecule has 0 bridgehead atoms. The summed E-state index contributed by atoms with van der Waals surface area (Å²) in [6.45, 7) is 4.19. The predicted octanol–water partition coefficient (Wildman–Crippen LogP) is 3.35. The van der Waals surface area contributed by atoms with Crippen LogP contribution in [0.25, 0.3) is 0 Å². The number of nitrogens with zero attached hydrogens (tertiary/aromatic N) is 1. The van der Waals surface area contributed by atoms with Gasteiger partial charge in [-0.1, -0.05) is 38.1 Å². The molecule has 0 aliphatic rings. The van der Waals surface area contributed by atoms with E-state index >= 15 is 0 Å². The SMILES string of the molecule is COc1ccc(OCC(=O)N/N=C/c2ccc(C(C)C)cc2)cc1. The number of benzene rings is 2. The lowest BCUT2D eigenvalue weighted by atomic mass is 10.0. The average molecular weight is 326 g/mol. The van der Waals surface area contributed by atoms with Crippen LogP contribution < -0.4 is 14.9 Å². The largest absolute Gasteiger partial charge is 0.497 e. The van der Waals surface area contributed by atoms with E-state index < -0.39 is 0 Å². The van der Waals surface area contributed by atoms with Gasteiger partial charge in [0.25, 0.3) is 5.91 Å². The molecule has 0 aliphatic heterocycles. The highest BCUT2D eigenvalue weighted by Crippen LogP contribution is 2.16. The molecular weight excluding hydrogens is 304 g/mol. The van der Waals surface area contributed by atoms with Crippen molar-refractivity contribution in [2.75, 3.05) is 13.7 Å². The molecule has 0 aliphatic carbocycles. The smallest absolute Gasteiger partial charge is 0.277 e. The van der Waals surface area contributed by atoms with E-state index in [-0.39, 0.29) is 12.5 Å². The first-order valence-electron chi connectivity index (χ1n) is 7.77. The maximum atomic E-state index is 11.7. The second-order valence-electron chi connectivity index (χ2n) is 5.58. The average Bonchev–Trinajstić information content (AvgIpc) is 2.61. The number of hydrogen-bond acceptors (Lipinski definition) is 4. The molecule has 0 saturated heterocycles. The fourth-order valence-corrected chi connectivity index (χ4v) is 2.00. The van der Waals surface area contributed by atoms with Gasteiger partial charge in [-0.2, -0.15) is 5.10 Å². The number of hydrogen-bond donors (Lipinski definition) is 1. The Bertz CT molecular complexity index is 677. The standard InChI is InChI=1S/C19H22N2O3/c1-14(2)16-6-4-15(5-7-16)12-20-21-19(22)13-24-18-10-8-17(23-3)9-11-18/h4-12,14H,13H2,1-3H3,(H,21,22)/b20-12+. The Morgan fingerprint density at radius 3 is 2.29 bits per heavy atom. The molecule has 5 nitrogen and oxygen atoms in total. The molecule has 1 amide bonds. The van der Waals surface area contributed by atoms with E-state index in [1.165, 1.54) is 5.56 Å². The number of amides is 1.